The lowest BCUT2D eigenvalue weighted by Crippen LogP contribution is -2.39. The fourth-order valence-electron chi connectivity index (χ4n) is 0.934. The Morgan fingerprint density at radius 2 is 2.46 bits per heavy atom. The Bertz CT molecular complexity index is 347. The summed E-state index contributed by atoms with van der Waals surface area (Å²) in [5.41, 5.74) is 0. The summed E-state index contributed by atoms with van der Waals surface area (Å²) in [5, 5.41) is 18.9. The van der Waals surface area contributed by atoms with E-state index in [0.717, 1.165) is 12.2 Å². The SMILES string of the molecule is N#CC1C=C(Cl)C=CC1(F)[N+](=O)[O-]. The molecule has 2 atom stereocenters. The average molecular weight is 203 g/mol. The van der Waals surface area contributed by atoms with Gasteiger partial charge < -0.3 is 0 Å². The largest absolute Gasteiger partial charge is 0.397 e. The van der Waals surface area contributed by atoms with Gasteiger partial charge in [0.05, 0.1) is 11.0 Å². The molecule has 0 amide bonds. The highest BCUT2D eigenvalue weighted by Crippen LogP contribution is 2.32. The van der Waals surface area contributed by atoms with Crippen LogP contribution >= 0.6 is 11.6 Å². The summed E-state index contributed by atoms with van der Waals surface area (Å²) < 4.78 is 13.4. The number of nitro groups is 1. The topological polar surface area (TPSA) is 66.9 Å². The van der Waals surface area contributed by atoms with E-state index < -0.39 is 16.6 Å². The van der Waals surface area contributed by atoms with Crippen molar-refractivity contribution < 1.29 is 9.31 Å². The van der Waals surface area contributed by atoms with Gasteiger partial charge in [-0.05, 0) is 12.2 Å². The van der Waals surface area contributed by atoms with E-state index in [0.29, 0.717) is 6.08 Å². The third-order valence-corrected chi connectivity index (χ3v) is 1.91. The van der Waals surface area contributed by atoms with Gasteiger partial charge in [0.2, 0.25) is 0 Å². The van der Waals surface area contributed by atoms with E-state index in [1.165, 1.54) is 6.07 Å². The summed E-state index contributed by atoms with van der Waals surface area (Å²) in [6, 6.07) is 1.48. The van der Waals surface area contributed by atoms with Crippen molar-refractivity contribution in [3.8, 4) is 6.07 Å². The average Bonchev–Trinajstić information content (AvgIpc) is 2.09. The smallest absolute Gasteiger partial charge is 0.261 e. The maximum absolute atomic E-state index is 13.4. The first-order valence-corrected chi connectivity index (χ1v) is 3.68. The minimum Gasteiger partial charge on any atom is -0.261 e. The molecule has 0 heterocycles. The zero-order valence-corrected chi connectivity index (χ0v) is 7.03. The fraction of sp³-hybridized carbons (Fsp3) is 0.286. The Balaban J connectivity index is 3.11. The minimum atomic E-state index is -2.85. The Morgan fingerprint density at radius 3 is 2.92 bits per heavy atom. The molecule has 0 spiro atoms. The third-order valence-electron chi connectivity index (χ3n) is 1.66. The summed E-state index contributed by atoms with van der Waals surface area (Å²) >= 11 is 5.46. The van der Waals surface area contributed by atoms with E-state index in [-0.39, 0.29) is 5.03 Å². The highest BCUT2D eigenvalue weighted by atomic mass is 35.5. The van der Waals surface area contributed by atoms with Crippen molar-refractivity contribution in [2.75, 3.05) is 0 Å². The fourth-order valence-corrected chi connectivity index (χ4v) is 1.12. The van der Waals surface area contributed by atoms with E-state index >= 15 is 0 Å². The molecule has 0 bridgehead atoms. The van der Waals surface area contributed by atoms with Gasteiger partial charge in [0.15, 0.2) is 5.92 Å². The van der Waals surface area contributed by atoms with Crippen LogP contribution in [0.25, 0.3) is 0 Å². The van der Waals surface area contributed by atoms with Crippen LogP contribution in [0.3, 0.4) is 0 Å². The molecular weight excluding hydrogens is 199 g/mol. The molecule has 0 aromatic heterocycles. The van der Waals surface area contributed by atoms with Crippen LogP contribution in [0.15, 0.2) is 23.3 Å². The van der Waals surface area contributed by atoms with E-state index in [1.54, 1.807) is 0 Å². The zero-order valence-electron chi connectivity index (χ0n) is 6.28. The van der Waals surface area contributed by atoms with Crippen molar-refractivity contribution >= 4 is 11.6 Å². The lowest BCUT2D eigenvalue weighted by Gasteiger charge is -2.18. The van der Waals surface area contributed by atoms with Crippen LogP contribution in [0, 0.1) is 27.4 Å². The summed E-state index contributed by atoms with van der Waals surface area (Å²) in [7, 11) is 0. The maximum Gasteiger partial charge on any atom is 0.397 e. The molecule has 1 aliphatic carbocycles. The quantitative estimate of drug-likeness (QED) is 0.370. The van der Waals surface area contributed by atoms with Gasteiger partial charge in [0, 0.05) is 11.1 Å². The van der Waals surface area contributed by atoms with E-state index in [9.17, 15) is 14.5 Å². The molecule has 13 heavy (non-hydrogen) atoms. The Morgan fingerprint density at radius 1 is 1.85 bits per heavy atom. The van der Waals surface area contributed by atoms with Crippen LogP contribution in [0.4, 0.5) is 4.39 Å². The van der Waals surface area contributed by atoms with Crippen LogP contribution in [0.1, 0.15) is 0 Å². The Kier molecular flexibility index (Phi) is 2.34. The van der Waals surface area contributed by atoms with Gasteiger partial charge in [-0.2, -0.15) is 9.65 Å². The molecule has 0 aromatic rings. The van der Waals surface area contributed by atoms with Crippen LogP contribution in [-0.2, 0) is 0 Å². The first kappa shape index (κ1) is 9.68. The first-order valence-electron chi connectivity index (χ1n) is 3.30. The van der Waals surface area contributed by atoms with Crippen molar-refractivity contribution in [3.63, 3.8) is 0 Å². The van der Waals surface area contributed by atoms with Gasteiger partial charge in [0.1, 0.15) is 0 Å². The highest BCUT2D eigenvalue weighted by molar-refractivity contribution is 6.31. The predicted octanol–water partition coefficient (Wildman–Crippen LogP) is 1.76. The molecular formula is C7H4ClFN2O2. The molecule has 68 valence electrons. The first-order chi connectivity index (χ1) is 6.00. The number of hydrogen-bond donors (Lipinski definition) is 0. The van der Waals surface area contributed by atoms with Crippen LogP contribution in [0.5, 0.6) is 0 Å². The van der Waals surface area contributed by atoms with Gasteiger partial charge in [0.25, 0.3) is 0 Å². The minimum absolute atomic E-state index is 0.127. The van der Waals surface area contributed by atoms with Crippen molar-refractivity contribution in [1.82, 2.24) is 0 Å². The maximum atomic E-state index is 13.4. The van der Waals surface area contributed by atoms with Crippen LogP contribution in [-0.4, -0.2) is 10.7 Å². The highest BCUT2D eigenvalue weighted by Gasteiger charge is 2.50. The molecule has 2 unspecified atom stereocenters. The van der Waals surface area contributed by atoms with Gasteiger partial charge in [-0.3, -0.25) is 10.1 Å². The Hall–Kier alpha value is -1.41. The molecule has 4 nitrogen and oxygen atoms in total. The van der Waals surface area contributed by atoms with Gasteiger partial charge in [-0.25, -0.2) is 0 Å². The number of halogens is 2. The third kappa shape index (κ3) is 1.53. The Labute approximate surface area is 78.1 Å². The summed E-state index contributed by atoms with van der Waals surface area (Å²) in [5.74, 6) is -4.33. The lowest BCUT2D eigenvalue weighted by molar-refractivity contribution is -0.595. The molecule has 0 radical (unpaired) electrons. The van der Waals surface area contributed by atoms with Crippen molar-refractivity contribution in [3.05, 3.63) is 33.4 Å². The number of alkyl halides is 1. The molecule has 0 fully saturated rings. The van der Waals surface area contributed by atoms with Crippen molar-refractivity contribution in [1.29, 1.82) is 5.26 Å². The standard InChI is InChI=1S/C7H4ClFN2O2/c8-6-1-2-7(9,11(12)13)5(3-6)4-10/h1-3,5H. The number of hydrogen-bond acceptors (Lipinski definition) is 3. The number of rotatable bonds is 1. The van der Waals surface area contributed by atoms with Gasteiger partial charge in [-0.15, -0.1) is 0 Å². The van der Waals surface area contributed by atoms with E-state index in [1.807, 2.05) is 0 Å². The second-order valence-corrected chi connectivity index (χ2v) is 2.91. The molecule has 0 saturated heterocycles. The zero-order chi connectivity index (χ0) is 10.1. The summed E-state index contributed by atoms with van der Waals surface area (Å²) in [4.78, 5) is 9.17. The molecule has 0 saturated carbocycles. The van der Waals surface area contributed by atoms with E-state index in [4.69, 9.17) is 16.9 Å². The number of nitriles is 1. The van der Waals surface area contributed by atoms with Crippen molar-refractivity contribution in [2.45, 2.75) is 5.79 Å². The summed E-state index contributed by atoms with van der Waals surface area (Å²) in [6.07, 6.45) is 2.77. The van der Waals surface area contributed by atoms with Crippen LogP contribution in [0.2, 0.25) is 0 Å². The van der Waals surface area contributed by atoms with Crippen molar-refractivity contribution in [2.24, 2.45) is 5.92 Å². The lowest BCUT2D eigenvalue weighted by atomic mass is 9.94. The predicted molar refractivity (Wildman–Crippen MR) is 43.0 cm³/mol. The second-order valence-electron chi connectivity index (χ2n) is 2.48. The number of nitrogens with zero attached hydrogens (tertiary/aromatic N) is 2. The molecule has 0 aromatic carbocycles. The van der Waals surface area contributed by atoms with Gasteiger partial charge in [-0.1, -0.05) is 11.6 Å². The monoisotopic (exact) mass is 202 g/mol. The van der Waals surface area contributed by atoms with Gasteiger partial charge >= 0.3 is 5.79 Å². The molecule has 1 aliphatic rings. The second kappa shape index (κ2) is 3.15. The molecule has 0 N–H and O–H groups in total. The van der Waals surface area contributed by atoms with E-state index in [2.05, 4.69) is 0 Å². The molecule has 6 heteroatoms. The molecule has 0 aliphatic heterocycles. The van der Waals surface area contributed by atoms with Crippen LogP contribution < -0.4 is 0 Å². The number of allylic oxidation sites excluding steroid dienone is 2. The summed E-state index contributed by atoms with van der Waals surface area (Å²) in [6.45, 7) is 0. The molecule has 1 rings (SSSR count). The normalized spacial score (nSPS) is 32.1.